The van der Waals surface area contributed by atoms with E-state index < -0.39 is 10.0 Å². The molecule has 2 atom stereocenters. The van der Waals surface area contributed by atoms with Crippen molar-refractivity contribution in [3.63, 3.8) is 0 Å². The Kier molecular flexibility index (Phi) is 4.81. The van der Waals surface area contributed by atoms with Crippen LogP contribution < -0.4 is 5.32 Å². The molecule has 7 nitrogen and oxygen atoms in total. The molecule has 1 fully saturated rings. The molecule has 2 aromatic carbocycles. The number of carbonyl (C=O) groups excluding carboxylic acids is 1. The van der Waals surface area contributed by atoms with Crippen LogP contribution in [0.2, 0.25) is 0 Å². The number of fused-ring (bicyclic) bond motifs is 2. The Morgan fingerprint density at radius 3 is 2.81 bits per heavy atom. The van der Waals surface area contributed by atoms with Gasteiger partial charge in [0.2, 0.25) is 5.91 Å². The predicted molar refractivity (Wildman–Crippen MR) is 117 cm³/mol. The topological polar surface area (TPSA) is 92.0 Å². The zero-order chi connectivity index (χ0) is 21.6. The standard InChI is InChI=1S/C23H23N3O4S/c1-15(20-13-16-7-2-4-10-19(16)30-20)24-23(27)17-8-6-12-26(14-17)22-18-9-3-5-11-21(18)31(28,29)25-22/h2-5,7,9-11,13,15,17H,6,8,12,14H2,1H3,(H,24,27)/t15-,17-/m0/s1. The van der Waals surface area contributed by atoms with Gasteiger partial charge in [0.1, 0.15) is 16.2 Å². The number of benzene rings is 2. The van der Waals surface area contributed by atoms with Crippen molar-refractivity contribution >= 4 is 32.7 Å². The Balaban J connectivity index is 1.31. The Morgan fingerprint density at radius 2 is 1.97 bits per heavy atom. The lowest BCUT2D eigenvalue weighted by Gasteiger charge is -2.33. The minimum Gasteiger partial charge on any atom is -0.459 e. The number of nitrogens with one attached hydrogen (secondary N) is 1. The third kappa shape index (κ3) is 3.61. The van der Waals surface area contributed by atoms with Crippen molar-refractivity contribution in [2.75, 3.05) is 13.1 Å². The van der Waals surface area contributed by atoms with E-state index in [0.29, 0.717) is 30.2 Å². The van der Waals surface area contributed by atoms with Gasteiger partial charge in [0.05, 0.1) is 12.0 Å². The van der Waals surface area contributed by atoms with Gasteiger partial charge in [0.25, 0.3) is 10.0 Å². The highest BCUT2D eigenvalue weighted by atomic mass is 32.2. The first-order valence-corrected chi connectivity index (χ1v) is 11.8. The molecule has 8 heteroatoms. The van der Waals surface area contributed by atoms with Crippen molar-refractivity contribution in [1.29, 1.82) is 0 Å². The van der Waals surface area contributed by atoms with Gasteiger partial charge in [0, 0.05) is 24.0 Å². The average molecular weight is 438 g/mol. The summed E-state index contributed by atoms with van der Waals surface area (Å²) in [5.74, 6) is 0.840. The van der Waals surface area contributed by atoms with Crippen molar-refractivity contribution in [3.8, 4) is 0 Å². The molecule has 0 bridgehead atoms. The van der Waals surface area contributed by atoms with Crippen LogP contribution in [0, 0.1) is 5.92 Å². The monoisotopic (exact) mass is 437 g/mol. The summed E-state index contributed by atoms with van der Waals surface area (Å²) in [6.07, 6.45) is 1.54. The van der Waals surface area contributed by atoms with E-state index in [-0.39, 0.29) is 22.8 Å². The van der Waals surface area contributed by atoms with E-state index >= 15 is 0 Å². The normalized spacial score (nSPS) is 20.9. The van der Waals surface area contributed by atoms with Gasteiger partial charge in [-0.3, -0.25) is 4.79 Å². The van der Waals surface area contributed by atoms with Crippen LogP contribution in [0.25, 0.3) is 11.0 Å². The van der Waals surface area contributed by atoms with Crippen molar-refractivity contribution in [2.45, 2.75) is 30.7 Å². The number of likely N-dealkylation sites (tertiary alicyclic amines) is 1. The summed E-state index contributed by atoms with van der Waals surface area (Å²) in [5.41, 5.74) is 1.40. The van der Waals surface area contributed by atoms with Gasteiger partial charge in [-0.1, -0.05) is 30.3 Å². The molecular weight excluding hydrogens is 414 g/mol. The maximum Gasteiger partial charge on any atom is 0.285 e. The smallest absolute Gasteiger partial charge is 0.285 e. The second kappa shape index (κ2) is 7.53. The fourth-order valence-corrected chi connectivity index (χ4v) is 5.55. The maximum absolute atomic E-state index is 13.0. The van der Waals surface area contributed by atoms with Crippen molar-refractivity contribution in [2.24, 2.45) is 10.3 Å². The fraction of sp³-hybridized carbons (Fsp3) is 0.304. The van der Waals surface area contributed by atoms with Crippen LogP contribution >= 0.6 is 0 Å². The first-order chi connectivity index (χ1) is 14.9. The molecule has 0 radical (unpaired) electrons. The van der Waals surface area contributed by atoms with Gasteiger partial charge in [0.15, 0.2) is 5.84 Å². The van der Waals surface area contributed by atoms with Crippen LogP contribution in [0.4, 0.5) is 0 Å². The lowest BCUT2D eigenvalue weighted by atomic mass is 9.96. The minimum absolute atomic E-state index is 0.0626. The summed E-state index contributed by atoms with van der Waals surface area (Å²) in [6, 6.07) is 16.3. The van der Waals surface area contributed by atoms with Crippen LogP contribution in [-0.4, -0.2) is 38.2 Å². The second-order valence-electron chi connectivity index (χ2n) is 8.09. The summed E-state index contributed by atoms with van der Waals surface area (Å²) in [4.78, 5) is 15.1. The fourth-order valence-electron chi connectivity index (χ4n) is 4.32. The van der Waals surface area contributed by atoms with E-state index in [9.17, 15) is 13.2 Å². The number of piperidine rings is 1. The minimum atomic E-state index is -3.68. The molecular formula is C23H23N3O4S. The molecule has 2 aliphatic heterocycles. The van der Waals surface area contributed by atoms with Crippen molar-refractivity contribution < 1.29 is 17.6 Å². The summed E-state index contributed by atoms with van der Waals surface area (Å²) < 4.78 is 34.7. The van der Waals surface area contributed by atoms with E-state index in [1.54, 1.807) is 24.3 Å². The highest BCUT2D eigenvalue weighted by Gasteiger charge is 2.35. The van der Waals surface area contributed by atoms with E-state index in [1.807, 2.05) is 42.2 Å². The van der Waals surface area contributed by atoms with E-state index in [0.717, 1.165) is 23.8 Å². The summed E-state index contributed by atoms with van der Waals surface area (Å²) >= 11 is 0. The quantitative estimate of drug-likeness (QED) is 0.677. The number of amides is 1. The molecule has 160 valence electrons. The molecule has 0 spiro atoms. The van der Waals surface area contributed by atoms with Crippen molar-refractivity contribution in [3.05, 3.63) is 65.9 Å². The lowest BCUT2D eigenvalue weighted by Crippen LogP contribution is -2.45. The van der Waals surface area contributed by atoms with Gasteiger partial charge in [-0.15, -0.1) is 4.40 Å². The Morgan fingerprint density at radius 1 is 1.19 bits per heavy atom. The van der Waals surface area contributed by atoms with Crippen molar-refractivity contribution in [1.82, 2.24) is 10.2 Å². The number of para-hydroxylation sites is 1. The largest absolute Gasteiger partial charge is 0.459 e. The zero-order valence-corrected chi connectivity index (χ0v) is 17.9. The number of sulfonamides is 1. The summed E-state index contributed by atoms with van der Waals surface area (Å²) in [5, 5.41) is 4.06. The number of nitrogens with zero attached hydrogens (tertiary/aromatic N) is 2. The Hall–Kier alpha value is -3.13. The Bertz CT molecular complexity index is 1260. The van der Waals surface area contributed by atoms with Crippen LogP contribution in [0.3, 0.4) is 0 Å². The number of hydrogen-bond donors (Lipinski definition) is 1. The third-order valence-corrected chi connectivity index (χ3v) is 7.26. The molecule has 1 saturated heterocycles. The van der Waals surface area contributed by atoms with Gasteiger partial charge < -0.3 is 14.6 Å². The molecule has 3 aromatic rings. The number of hydrogen-bond acceptors (Lipinski definition) is 5. The molecule has 2 aliphatic rings. The van der Waals surface area contributed by atoms with E-state index in [4.69, 9.17) is 4.42 Å². The zero-order valence-electron chi connectivity index (χ0n) is 17.1. The number of carbonyl (C=O) groups is 1. The number of furan rings is 1. The molecule has 0 aliphatic carbocycles. The molecule has 31 heavy (non-hydrogen) atoms. The summed E-state index contributed by atoms with van der Waals surface area (Å²) in [7, 11) is -3.68. The lowest BCUT2D eigenvalue weighted by molar-refractivity contribution is -0.127. The second-order valence-corrected chi connectivity index (χ2v) is 9.66. The van der Waals surface area contributed by atoms with Gasteiger partial charge in [-0.2, -0.15) is 8.42 Å². The molecule has 1 amide bonds. The van der Waals surface area contributed by atoms with Crippen LogP contribution in [-0.2, 0) is 14.8 Å². The van der Waals surface area contributed by atoms with E-state index in [1.165, 1.54) is 0 Å². The molecule has 1 N–H and O–H groups in total. The van der Waals surface area contributed by atoms with E-state index in [2.05, 4.69) is 9.71 Å². The molecule has 3 heterocycles. The highest BCUT2D eigenvalue weighted by Crippen LogP contribution is 2.30. The predicted octanol–water partition coefficient (Wildman–Crippen LogP) is 3.47. The Labute approximate surface area is 180 Å². The molecule has 0 unspecified atom stereocenters. The van der Waals surface area contributed by atoms with Gasteiger partial charge >= 0.3 is 0 Å². The highest BCUT2D eigenvalue weighted by molar-refractivity contribution is 7.90. The first kappa shape index (κ1) is 19.8. The first-order valence-electron chi connectivity index (χ1n) is 10.4. The number of amidine groups is 1. The van der Waals surface area contributed by atoms with Crippen LogP contribution in [0.5, 0.6) is 0 Å². The molecule has 1 aromatic heterocycles. The average Bonchev–Trinajstić information content (AvgIpc) is 3.33. The summed E-state index contributed by atoms with van der Waals surface area (Å²) in [6.45, 7) is 3.01. The van der Waals surface area contributed by atoms with Gasteiger partial charge in [-0.25, -0.2) is 0 Å². The maximum atomic E-state index is 13.0. The van der Waals surface area contributed by atoms with Crippen LogP contribution in [0.15, 0.2) is 68.3 Å². The third-order valence-electron chi connectivity index (χ3n) is 5.93. The molecule has 0 saturated carbocycles. The number of rotatable bonds is 3. The van der Waals surface area contributed by atoms with Crippen LogP contribution in [0.1, 0.15) is 37.1 Å². The molecule has 5 rings (SSSR count). The SMILES string of the molecule is C[C@H](NC(=O)[C@H]1CCCN(C2=NS(=O)(=O)c3ccccc32)C1)c1cc2ccccc2o1. The van der Waals surface area contributed by atoms with Gasteiger partial charge in [-0.05, 0) is 44.0 Å².